The number of hydrogen-bond donors (Lipinski definition) is 1. The van der Waals surface area contributed by atoms with Crippen molar-refractivity contribution in [2.24, 2.45) is 5.92 Å². The summed E-state index contributed by atoms with van der Waals surface area (Å²) in [7, 11) is 0. The molecule has 0 spiro atoms. The first kappa shape index (κ1) is 15.3. The van der Waals surface area contributed by atoms with E-state index in [1.807, 2.05) is 18.3 Å². The number of H-pyrrole nitrogens is 1. The maximum Gasteiger partial charge on any atom is 0.287 e. The first-order valence-electron chi connectivity index (χ1n) is 8.39. The van der Waals surface area contributed by atoms with Crippen LogP contribution in [0, 0.1) is 5.92 Å². The van der Waals surface area contributed by atoms with Crippen LogP contribution in [0.1, 0.15) is 43.0 Å². The van der Waals surface area contributed by atoms with E-state index in [1.54, 1.807) is 0 Å². The van der Waals surface area contributed by atoms with Gasteiger partial charge in [0.1, 0.15) is 5.56 Å². The Bertz CT molecular complexity index is 514. The Balaban J connectivity index is 1.68. The number of aromatic amines is 1. The molecule has 5 heteroatoms. The minimum Gasteiger partial charge on any atom is -0.376 e. The Morgan fingerprint density at radius 1 is 1.45 bits per heavy atom. The minimum absolute atomic E-state index is 0.0134. The molecule has 0 bridgehead atoms. The molecule has 2 N–H and O–H groups in total. The zero-order valence-electron chi connectivity index (χ0n) is 13.3. The van der Waals surface area contributed by atoms with Gasteiger partial charge < -0.3 is 10.1 Å². The molecule has 5 nitrogen and oxygen atoms in total. The summed E-state index contributed by atoms with van der Waals surface area (Å²) >= 11 is 0. The third-order valence-corrected chi connectivity index (χ3v) is 4.57. The number of anilines is 1. The molecule has 1 aromatic heterocycles. The molecule has 0 saturated carbocycles. The van der Waals surface area contributed by atoms with Gasteiger partial charge in [0.2, 0.25) is 0 Å². The van der Waals surface area contributed by atoms with E-state index in [0.29, 0.717) is 12.5 Å². The van der Waals surface area contributed by atoms with Gasteiger partial charge in [-0.3, -0.25) is 9.69 Å². The van der Waals surface area contributed by atoms with E-state index >= 15 is 0 Å². The lowest BCUT2D eigenvalue weighted by Crippen LogP contribution is -2.40. The molecule has 0 aromatic carbocycles. The highest BCUT2D eigenvalue weighted by molar-refractivity contribution is 5.98. The topological polar surface area (TPSA) is 55.7 Å². The molecule has 0 unspecified atom stereocenters. The Morgan fingerprint density at radius 2 is 2.36 bits per heavy atom. The van der Waals surface area contributed by atoms with E-state index in [9.17, 15) is 4.79 Å². The van der Waals surface area contributed by atoms with E-state index in [-0.39, 0.29) is 12.0 Å². The van der Waals surface area contributed by atoms with Crippen molar-refractivity contribution in [3.63, 3.8) is 0 Å². The summed E-state index contributed by atoms with van der Waals surface area (Å²) in [6.07, 6.45) is 6.65. The van der Waals surface area contributed by atoms with E-state index in [2.05, 4.69) is 22.1 Å². The van der Waals surface area contributed by atoms with Gasteiger partial charge in [-0.15, -0.1) is 0 Å². The predicted octanol–water partition coefficient (Wildman–Crippen LogP) is 1.65. The van der Waals surface area contributed by atoms with Gasteiger partial charge in [-0.2, -0.15) is 0 Å². The number of hydrogen-bond acceptors (Lipinski definition) is 3. The SMILES string of the molecule is C[C@H]1CCCN(c2[nH+]cccc2C(=O)NC[C@@H]2CCCO2)C1. The van der Waals surface area contributed by atoms with Gasteiger partial charge >= 0.3 is 0 Å². The van der Waals surface area contributed by atoms with Crippen LogP contribution < -0.4 is 15.2 Å². The molecule has 1 aromatic rings. The second kappa shape index (κ2) is 7.09. The number of pyridine rings is 1. The van der Waals surface area contributed by atoms with Crippen LogP contribution in [0.4, 0.5) is 5.82 Å². The number of carbonyl (C=O) groups is 1. The van der Waals surface area contributed by atoms with Crippen molar-refractivity contribution in [1.82, 2.24) is 5.32 Å². The highest BCUT2D eigenvalue weighted by Gasteiger charge is 2.28. The van der Waals surface area contributed by atoms with Crippen molar-refractivity contribution >= 4 is 11.7 Å². The highest BCUT2D eigenvalue weighted by atomic mass is 16.5. The normalized spacial score (nSPS) is 25.2. The highest BCUT2D eigenvalue weighted by Crippen LogP contribution is 2.22. The summed E-state index contributed by atoms with van der Waals surface area (Å²) in [6, 6.07) is 3.79. The smallest absolute Gasteiger partial charge is 0.287 e. The van der Waals surface area contributed by atoms with Crippen molar-refractivity contribution in [3.8, 4) is 0 Å². The largest absolute Gasteiger partial charge is 0.376 e. The lowest BCUT2D eigenvalue weighted by molar-refractivity contribution is -0.364. The fraction of sp³-hybridized carbons (Fsp3) is 0.647. The lowest BCUT2D eigenvalue weighted by atomic mass is 10.00. The Labute approximate surface area is 132 Å². The summed E-state index contributed by atoms with van der Waals surface area (Å²) in [5.74, 6) is 1.60. The third-order valence-electron chi connectivity index (χ3n) is 4.57. The van der Waals surface area contributed by atoms with Crippen molar-refractivity contribution < 1.29 is 14.5 Å². The fourth-order valence-electron chi connectivity index (χ4n) is 3.37. The molecule has 2 aliphatic heterocycles. The molecule has 120 valence electrons. The van der Waals surface area contributed by atoms with Crippen molar-refractivity contribution in [1.29, 1.82) is 0 Å². The number of ether oxygens (including phenoxy) is 1. The molecule has 2 atom stereocenters. The van der Waals surface area contributed by atoms with Gasteiger partial charge in [-0.25, -0.2) is 4.98 Å². The first-order valence-corrected chi connectivity index (χ1v) is 8.39. The third kappa shape index (κ3) is 3.58. The predicted molar refractivity (Wildman–Crippen MR) is 84.9 cm³/mol. The number of piperidine rings is 1. The Kier molecular flexibility index (Phi) is 4.93. The second-order valence-electron chi connectivity index (χ2n) is 6.47. The fourth-order valence-corrected chi connectivity index (χ4v) is 3.37. The summed E-state index contributed by atoms with van der Waals surface area (Å²) in [5.41, 5.74) is 0.731. The summed E-state index contributed by atoms with van der Waals surface area (Å²) in [5, 5.41) is 3.02. The van der Waals surface area contributed by atoms with E-state index in [0.717, 1.165) is 43.9 Å². The zero-order chi connectivity index (χ0) is 15.4. The zero-order valence-corrected chi connectivity index (χ0v) is 13.3. The average Bonchev–Trinajstić information content (AvgIpc) is 3.06. The van der Waals surface area contributed by atoms with Crippen LogP contribution in [-0.2, 0) is 4.74 Å². The number of nitrogens with one attached hydrogen (secondary N) is 2. The standard InChI is InChI=1S/C17H25N3O2/c1-13-5-3-9-20(12-13)16-15(7-2-8-18-16)17(21)19-11-14-6-4-10-22-14/h2,7-8,13-14H,3-6,9-12H2,1H3,(H,19,21)/p+1/t13-,14-/m0/s1. The molecule has 1 amide bonds. The van der Waals surface area contributed by atoms with Gasteiger partial charge in [0, 0.05) is 13.2 Å². The quantitative estimate of drug-likeness (QED) is 0.920. The van der Waals surface area contributed by atoms with E-state index in [4.69, 9.17) is 4.74 Å². The molecule has 2 fully saturated rings. The second-order valence-corrected chi connectivity index (χ2v) is 6.47. The molecule has 2 saturated heterocycles. The molecule has 3 rings (SSSR count). The van der Waals surface area contributed by atoms with Gasteiger partial charge in [0.05, 0.1) is 25.4 Å². The molecule has 22 heavy (non-hydrogen) atoms. The number of nitrogens with zero attached hydrogens (tertiary/aromatic N) is 1. The molecular formula is C17H26N3O2+. The van der Waals surface area contributed by atoms with E-state index < -0.39 is 0 Å². The van der Waals surface area contributed by atoms with Crippen LogP contribution in [0.2, 0.25) is 0 Å². The van der Waals surface area contributed by atoms with E-state index in [1.165, 1.54) is 12.8 Å². The van der Waals surface area contributed by atoms with Crippen LogP contribution >= 0.6 is 0 Å². The summed E-state index contributed by atoms with van der Waals surface area (Å²) in [6.45, 7) is 5.70. The molecule has 0 aliphatic carbocycles. The van der Waals surface area contributed by atoms with Crippen molar-refractivity contribution in [3.05, 3.63) is 23.9 Å². The number of amides is 1. The first-order chi connectivity index (χ1) is 10.7. The van der Waals surface area contributed by atoms with Crippen LogP contribution in [-0.4, -0.2) is 38.3 Å². The van der Waals surface area contributed by atoms with Crippen molar-refractivity contribution in [2.45, 2.75) is 38.7 Å². The minimum atomic E-state index is -0.0134. The molecule has 2 aliphatic rings. The van der Waals surface area contributed by atoms with Gasteiger partial charge in [-0.05, 0) is 43.7 Å². The maximum atomic E-state index is 12.5. The maximum absolute atomic E-state index is 12.5. The Morgan fingerprint density at radius 3 is 3.14 bits per heavy atom. The van der Waals surface area contributed by atoms with Gasteiger partial charge in [0.15, 0.2) is 0 Å². The average molecular weight is 304 g/mol. The summed E-state index contributed by atoms with van der Waals surface area (Å²) in [4.78, 5) is 18.1. The van der Waals surface area contributed by atoms with Crippen LogP contribution in [0.3, 0.4) is 0 Å². The Hall–Kier alpha value is -1.62. The summed E-state index contributed by atoms with van der Waals surface area (Å²) < 4.78 is 5.57. The van der Waals surface area contributed by atoms with Crippen LogP contribution in [0.25, 0.3) is 0 Å². The van der Waals surface area contributed by atoms with Crippen LogP contribution in [0.15, 0.2) is 18.3 Å². The van der Waals surface area contributed by atoms with Gasteiger partial charge in [-0.1, -0.05) is 6.92 Å². The van der Waals surface area contributed by atoms with Crippen LogP contribution in [0.5, 0.6) is 0 Å². The number of carbonyl (C=O) groups excluding carboxylic acids is 1. The molecule has 0 radical (unpaired) electrons. The number of aromatic nitrogens is 1. The molecular weight excluding hydrogens is 278 g/mol. The monoisotopic (exact) mass is 304 g/mol. The van der Waals surface area contributed by atoms with Crippen molar-refractivity contribution in [2.75, 3.05) is 31.1 Å². The number of rotatable bonds is 4. The van der Waals surface area contributed by atoms with Gasteiger partial charge in [0.25, 0.3) is 11.7 Å². The molecule has 3 heterocycles. The lowest BCUT2D eigenvalue weighted by Gasteiger charge is -2.26.